The quantitative estimate of drug-likeness (QED) is 0.676. The number of cyclic esters (lactones) is 1. The summed E-state index contributed by atoms with van der Waals surface area (Å²) < 4.78 is 11.3. The second-order valence-electron chi connectivity index (χ2n) is 8.86. The summed E-state index contributed by atoms with van der Waals surface area (Å²) in [6.07, 6.45) is 1.66. The molecule has 4 rings (SSSR count). The van der Waals surface area contributed by atoms with Crippen molar-refractivity contribution in [2.75, 3.05) is 26.2 Å². The van der Waals surface area contributed by atoms with Gasteiger partial charge in [-0.25, -0.2) is 9.59 Å². The molecule has 1 amide bonds. The lowest BCUT2D eigenvalue weighted by molar-refractivity contribution is -0.139. The van der Waals surface area contributed by atoms with E-state index in [0.29, 0.717) is 31.3 Å². The Balaban J connectivity index is 1.32. The molecule has 0 aromatic heterocycles. The molecule has 170 valence electrons. The number of amides is 1. The highest BCUT2D eigenvalue weighted by Gasteiger charge is 2.47. The van der Waals surface area contributed by atoms with Gasteiger partial charge in [-0.2, -0.15) is 0 Å². The van der Waals surface area contributed by atoms with Crippen molar-refractivity contribution in [2.24, 2.45) is 5.92 Å². The summed E-state index contributed by atoms with van der Waals surface area (Å²) in [4.78, 5) is 27.5. The number of para-hydroxylation sites is 1. The van der Waals surface area contributed by atoms with E-state index in [1.54, 1.807) is 4.90 Å². The highest BCUT2D eigenvalue weighted by Crippen LogP contribution is 2.37. The molecule has 0 unspecified atom stereocenters. The third-order valence-corrected chi connectivity index (χ3v) is 6.47. The molecule has 0 aliphatic carbocycles. The summed E-state index contributed by atoms with van der Waals surface area (Å²) in [5.74, 6) is -0.0616. The Bertz CT molecular complexity index is 942. The van der Waals surface area contributed by atoms with Crippen LogP contribution in [0.15, 0.2) is 54.6 Å². The summed E-state index contributed by atoms with van der Waals surface area (Å²) in [6.45, 7) is 5.39. The van der Waals surface area contributed by atoms with Crippen molar-refractivity contribution in [3.05, 3.63) is 65.7 Å². The van der Waals surface area contributed by atoms with Crippen molar-refractivity contribution >= 4 is 12.1 Å². The van der Waals surface area contributed by atoms with Crippen LogP contribution in [0.1, 0.15) is 30.9 Å². The molecular formula is C25H30N2O5. The number of piperidine rings is 1. The number of rotatable bonds is 8. The van der Waals surface area contributed by atoms with E-state index in [1.165, 1.54) is 0 Å². The van der Waals surface area contributed by atoms with Crippen LogP contribution in [0.2, 0.25) is 0 Å². The van der Waals surface area contributed by atoms with Crippen molar-refractivity contribution in [3.63, 3.8) is 0 Å². The van der Waals surface area contributed by atoms with Gasteiger partial charge in [0.2, 0.25) is 0 Å². The van der Waals surface area contributed by atoms with E-state index in [-0.39, 0.29) is 12.7 Å². The van der Waals surface area contributed by atoms with Gasteiger partial charge in [0.15, 0.2) is 6.61 Å². The van der Waals surface area contributed by atoms with E-state index in [4.69, 9.17) is 14.6 Å². The smallest absolute Gasteiger partial charge is 0.410 e. The summed E-state index contributed by atoms with van der Waals surface area (Å²) >= 11 is 0. The number of carbonyl (C=O) groups excluding carboxylic acids is 1. The fraction of sp³-hybridized carbons (Fsp3) is 0.440. The van der Waals surface area contributed by atoms with Crippen LogP contribution in [0.4, 0.5) is 4.79 Å². The molecule has 0 radical (unpaired) electrons. The Hall–Kier alpha value is -3.06. The van der Waals surface area contributed by atoms with E-state index in [9.17, 15) is 9.59 Å². The Morgan fingerprint density at radius 1 is 1.09 bits per heavy atom. The fourth-order valence-corrected chi connectivity index (χ4v) is 4.73. The van der Waals surface area contributed by atoms with Gasteiger partial charge in [0.25, 0.3) is 0 Å². The maximum absolute atomic E-state index is 12.5. The maximum Gasteiger partial charge on any atom is 0.410 e. The minimum Gasteiger partial charge on any atom is -0.482 e. The van der Waals surface area contributed by atoms with Crippen LogP contribution in [0.5, 0.6) is 5.75 Å². The highest BCUT2D eigenvalue weighted by atomic mass is 16.6. The topological polar surface area (TPSA) is 79.3 Å². The molecule has 2 fully saturated rings. The lowest BCUT2D eigenvalue weighted by Crippen LogP contribution is -2.45. The molecule has 7 heteroatoms. The van der Waals surface area contributed by atoms with E-state index in [0.717, 1.165) is 37.1 Å². The average molecular weight is 439 g/mol. The largest absolute Gasteiger partial charge is 0.482 e. The lowest BCUT2D eigenvalue weighted by Gasteiger charge is -2.39. The van der Waals surface area contributed by atoms with Crippen molar-refractivity contribution in [1.29, 1.82) is 0 Å². The average Bonchev–Trinajstić information content (AvgIpc) is 3.08. The molecule has 2 aromatic rings. The molecule has 1 N–H and O–H groups in total. The van der Waals surface area contributed by atoms with Crippen LogP contribution < -0.4 is 4.74 Å². The summed E-state index contributed by atoms with van der Waals surface area (Å²) in [7, 11) is 0. The third-order valence-electron chi connectivity index (χ3n) is 6.47. The number of benzene rings is 2. The standard InChI is InChI=1S/C25H30N2O5/c1-25(18-27(24(30)32-25)15-19-7-3-2-4-8-19)21-11-13-26(14-12-21)16-20-9-5-6-10-22(20)31-17-23(28)29/h2-10,21H,11-18H2,1H3,(H,28,29)/t25-/m1/s1. The molecule has 32 heavy (non-hydrogen) atoms. The normalized spacial score (nSPS) is 22.0. The number of nitrogens with zero attached hydrogens (tertiary/aromatic N) is 2. The van der Waals surface area contributed by atoms with Crippen LogP contribution >= 0.6 is 0 Å². The number of hydrogen-bond acceptors (Lipinski definition) is 5. The molecular weight excluding hydrogens is 408 g/mol. The van der Waals surface area contributed by atoms with Crippen LogP contribution in [0.25, 0.3) is 0 Å². The van der Waals surface area contributed by atoms with Crippen LogP contribution in [-0.4, -0.2) is 58.8 Å². The zero-order valence-electron chi connectivity index (χ0n) is 18.4. The first-order valence-electron chi connectivity index (χ1n) is 11.1. The first kappa shape index (κ1) is 22.1. The first-order chi connectivity index (χ1) is 15.4. The predicted octanol–water partition coefficient (Wildman–Crippen LogP) is 3.77. The molecule has 0 saturated carbocycles. The second kappa shape index (κ2) is 9.61. The Morgan fingerprint density at radius 2 is 1.78 bits per heavy atom. The number of aliphatic carboxylic acids is 1. The molecule has 2 heterocycles. The SMILES string of the molecule is C[C@]1(C2CCN(Cc3ccccc3OCC(=O)O)CC2)CN(Cc2ccccc2)C(=O)O1. The number of hydrogen-bond donors (Lipinski definition) is 1. The maximum atomic E-state index is 12.5. The monoisotopic (exact) mass is 438 g/mol. The number of carboxylic acid groups (broad SMARTS) is 1. The van der Waals surface area contributed by atoms with Gasteiger partial charge in [0, 0.05) is 24.6 Å². The fourth-order valence-electron chi connectivity index (χ4n) is 4.73. The van der Waals surface area contributed by atoms with Crippen molar-refractivity contribution in [1.82, 2.24) is 9.80 Å². The van der Waals surface area contributed by atoms with Gasteiger partial charge in [-0.3, -0.25) is 9.80 Å². The van der Waals surface area contributed by atoms with Gasteiger partial charge in [0.1, 0.15) is 11.4 Å². The minimum atomic E-state index is -0.985. The van der Waals surface area contributed by atoms with Gasteiger partial charge in [-0.15, -0.1) is 0 Å². The van der Waals surface area contributed by atoms with Gasteiger partial charge < -0.3 is 14.6 Å². The van der Waals surface area contributed by atoms with Crippen LogP contribution in [0, 0.1) is 5.92 Å². The number of likely N-dealkylation sites (tertiary alicyclic amines) is 1. The van der Waals surface area contributed by atoms with Gasteiger partial charge >= 0.3 is 12.1 Å². The van der Waals surface area contributed by atoms with E-state index >= 15 is 0 Å². The molecule has 2 saturated heterocycles. The molecule has 0 bridgehead atoms. The van der Waals surface area contributed by atoms with Crippen LogP contribution in [-0.2, 0) is 22.6 Å². The second-order valence-corrected chi connectivity index (χ2v) is 8.86. The predicted molar refractivity (Wildman–Crippen MR) is 119 cm³/mol. The molecule has 2 aromatic carbocycles. The van der Waals surface area contributed by atoms with Crippen LogP contribution in [0.3, 0.4) is 0 Å². The molecule has 2 aliphatic heterocycles. The van der Waals surface area contributed by atoms with Gasteiger partial charge in [-0.05, 0) is 44.5 Å². The lowest BCUT2D eigenvalue weighted by atomic mass is 9.81. The number of carbonyl (C=O) groups is 2. The Kier molecular flexibility index (Phi) is 6.65. The summed E-state index contributed by atoms with van der Waals surface area (Å²) in [5.41, 5.74) is 1.62. The van der Waals surface area contributed by atoms with Crippen molar-refractivity contribution in [2.45, 2.75) is 38.5 Å². The summed E-state index contributed by atoms with van der Waals surface area (Å²) in [6, 6.07) is 17.6. The Labute approximate surface area is 188 Å². The minimum absolute atomic E-state index is 0.233. The molecule has 7 nitrogen and oxygen atoms in total. The van der Waals surface area contributed by atoms with E-state index in [2.05, 4.69) is 11.8 Å². The van der Waals surface area contributed by atoms with Gasteiger partial charge in [-0.1, -0.05) is 48.5 Å². The Morgan fingerprint density at radius 3 is 2.50 bits per heavy atom. The number of carboxylic acids is 1. The zero-order valence-corrected chi connectivity index (χ0v) is 18.4. The van der Waals surface area contributed by atoms with E-state index < -0.39 is 11.6 Å². The number of ether oxygens (including phenoxy) is 2. The molecule has 2 aliphatic rings. The highest BCUT2D eigenvalue weighted by molar-refractivity contribution is 5.70. The molecule has 0 spiro atoms. The third kappa shape index (κ3) is 5.22. The van der Waals surface area contributed by atoms with E-state index in [1.807, 2.05) is 54.6 Å². The van der Waals surface area contributed by atoms with Crippen molar-refractivity contribution in [3.8, 4) is 5.75 Å². The van der Waals surface area contributed by atoms with Gasteiger partial charge in [0.05, 0.1) is 6.54 Å². The van der Waals surface area contributed by atoms with Crippen molar-refractivity contribution < 1.29 is 24.2 Å². The zero-order chi connectivity index (χ0) is 22.6. The summed E-state index contributed by atoms with van der Waals surface area (Å²) in [5, 5.41) is 8.89. The molecule has 1 atom stereocenters. The first-order valence-corrected chi connectivity index (χ1v) is 11.1.